The first-order valence-electron chi connectivity index (χ1n) is 5.87. The molecule has 0 atom stereocenters. The fourth-order valence-corrected chi connectivity index (χ4v) is 1.12. The van der Waals surface area contributed by atoms with E-state index in [9.17, 15) is 0 Å². The summed E-state index contributed by atoms with van der Waals surface area (Å²) in [6.07, 6.45) is 1.04. The standard InChI is InChI=1S/C11H21NO.C2H6/c1-6-11(8-13-7-2)9(3)10(4)12-5;1-2/h6-8H2,1-5H3;1-2H3/b11-9+,12-10?;. The van der Waals surface area contributed by atoms with Gasteiger partial charge < -0.3 is 4.74 Å². The summed E-state index contributed by atoms with van der Waals surface area (Å²) >= 11 is 0. The van der Waals surface area contributed by atoms with Crippen LogP contribution in [0.15, 0.2) is 16.1 Å². The number of hydrogen-bond acceptors (Lipinski definition) is 2. The molecule has 0 aliphatic heterocycles. The molecule has 0 fully saturated rings. The molecule has 2 nitrogen and oxygen atoms in total. The molecule has 0 rings (SSSR count). The Morgan fingerprint density at radius 2 is 1.67 bits per heavy atom. The topological polar surface area (TPSA) is 21.6 Å². The van der Waals surface area contributed by atoms with E-state index in [1.54, 1.807) is 0 Å². The highest BCUT2D eigenvalue weighted by atomic mass is 16.5. The average molecular weight is 213 g/mol. The van der Waals surface area contributed by atoms with Gasteiger partial charge in [-0.25, -0.2) is 0 Å². The summed E-state index contributed by atoms with van der Waals surface area (Å²) in [7, 11) is 1.83. The number of ether oxygens (including phenoxy) is 1. The van der Waals surface area contributed by atoms with Crippen molar-refractivity contribution in [3.8, 4) is 0 Å². The van der Waals surface area contributed by atoms with Crippen LogP contribution in [0.4, 0.5) is 0 Å². The van der Waals surface area contributed by atoms with Crippen LogP contribution >= 0.6 is 0 Å². The highest BCUT2D eigenvalue weighted by molar-refractivity contribution is 5.98. The van der Waals surface area contributed by atoms with Crippen LogP contribution < -0.4 is 0 Å². The van der Waals surface area contributed by atoms with Crippen LogP contribution in [-0.4, -0.2) is 26.0 Å². The molecular weight excluding hydrogens is 186 g/mol. The summed E-state index contributed by atoms with van der Waals surface area (Å²) in [6.45, 7) is 13.8. The maximum absolute atomic E-state index is 5.39. The van der Waals surface area contributed by atoms with Gasteiger partial charge in [0.25, 0.3) is 0 Å². The first-order valence-corrected chi connectivity index (χ1v) is 5.87. The van der Waals surface area contributed by atoms with Gasteiger partial charge >= 0.3 is 0 Å². The summed E-state index contributed by atoms with van der Waals surface area (Å²) in [6, 6.07) is 0. The van der Waals surface area contributed by atoms with E-state index in [4.69, 9.17) is 4.74 Å². The lowest BCUT2D eigenvalue weighted by Gasteiger charge is -2.09. The van der Waals surface area contributed by atoms with E-state index in [1.165, 1.54) is 11.1 Å². The van der Waals surface area contributed by atoms with Crippen molar-refractivity contribution < 1.29 is 4.74 Å². The van der Waals surface area contributed by atoms with Gasteiger partial charge in [0, 0.05) is 19.4 Å². The van der Waals surface area contributed by atoms with Crippen molar-refractivity contribution in [1.29, 1.82) is 0 Å². The molecular formula is C13H27NO. The van der Waals surface area contributed by atoms with E-state index in [1.807, 2.05) is 34.7 Å². The van der Waals surface area contributed by atoms with E-state index in [0.717, 1.165) is 25.3 Å². The van der Waals surface area contributed by atoms with Crippen LogP contribution in [0, 0.1) is 0 Å². The Morgan fingerprint density at radius 3 is 2.00 bits per heavy atom. The summed E-state index contributed by atoms with van der Waals surface area (Å²) in [5.41, 5.74) is 3.74. The van der Waals surface area contributed by atoms with Crippen LogP contribution in [0.5, 0.6) is 0 Å². The number of allylic oxidation sites excluding steroid dienone is 1. The molecule has 0 N–H and O–H groups in total. The molecule has 90 valence electrons. The number of nitrogens with zero attached hydrogens (tertiary/aromatic N) is 1. The predicted molar refractivity (Wildman–Crippen MR) is 69.9 cm³/mol. The normalized spacial score (nSPS) is 12.9. The third-order valence-electron chi connectivity index (χ3n) is 2.32. The van der Waals surface area contributed by atoms with Crippen molar-refractivity contribution in [1.82, 2.24) is 0 Å². The van der Waals surface area contributed by atoms with Gasteiger partial charge in [-0.15, -0.1) is 0 Å². The first-order chi connectivity index (χ1) is 7.17. The third kappa shape index (κ3) is 7.32. The van der Waals surface area contributed by atoms with Crippen molar-refractivity contribution in [3.05, 3.63) is 11.1 Å². The Bertz CT molecular complexity index is 205. The lowest BCUT2D eigenvalue weighted by Crippen LogP contribution is -2.04. The molecule has 0 spiro atoms. The summed E-state index contributed by atoms with van der Waals surface area (Å²) in [4.78, 5) is 4.17. The monoisotopic (exact) mass is 213 g/mol. The summed E-state index contributed by atoms with van der Waals surface area (Å²) in [5, 5.41) is 0. The van der Waals surface area contributed by atoms with Gasteiger partial charge in [0.15, 0.2) is 0 Å². The molecule has 0 aromatic carbocycles. The molecule has 0 amide bonds. The van der Waals surface area contributed by atoms with Crippen LogP contribution in [0.3, 0.4) is 0 Å². The van der Waals surface area contributed by atoms with Gasteiger partial charge in [-0.2, -0.15) is 0 Å². The molecule has 0 aliphatic carbocycles. The molecule has 0 aliphatic rings. The van der Waals surface area contributed by atoms with Gasteiger partial charge in [0.1, 0.15) is 0 Å². The summed E-state index contributed by atoms with van der Waals surface area (Å²) < 4.78 is 5.39. The molecule has 0 saturated heterocycles. The molecule has 0 aromatic heterocycles. The molecule has 0 unspecified atom stereocenters. The van der Waals surface area contributed by atoms with Crippen molar-refractivity contribution in [2.24, 2.45) is 4.99 Å². The van der Waals surface area contributed by atoms with Gasteiger partial charge in [-0.3, -0.25) is 4.99 Å². The van der Waals surface area contributed by atoms with Gasteiger partial charge in [0.2, 0.25) is 0 Å². The molecule has 0 heterocycles. The molecule has 0 saturated carbocycles. The molecule has 15 heavy (non-hydrogen) atoms. The van der Waals surface area contributed by atoms with Crippen LogP contribution in [0.25, 0.3) is 0 Å². The highest BCUT2D eigenvalue weighted by Gasteiger charge is 2.02. The minimum atomic E-state index is 0.742. The zero-order chi connectivity index (χ0) is 12.3. The smallest absolute Gasteiger partial charge is 0.0682 e. The number of hydrogen-bond donors (Lipinski definition) is 0. The van der Waals surface area contributed by atoms with E-state index < -0.39 is 0 Å². The van der Waals surface area contributed by atoms with Crippen molar-refractivity contribution in [2.45, 2.75) is 48.0 Å². The molecule has 0 bridgehead atoms. The quantitative estimate of drug-likeness (QED) is 0.635. The predicted octanol–water partition coefficient (Wildman–Crippen LogP) is 3.87. The Kier molecular flexibility index (Phi) is 12.8. The Labute approximate surface area is 95.4 Å². The lowest BCUT2D eigenvalue weighted by molar-refractivity contribution is 0.169. The van der Waals surface area contributed by atoms with Crippen molar-refractivity contribution in [3.63, 3.8) is 0 Å². The first kappa shape index (κ1) is 16.8. The fourth-order valence-electron chi connectivity index (χ4n) is 1.12. The summed E-state index contributed by atoms with van der Waals surface area (Å²) in [5.74, 6) is 0. The number of rotatable bonds is 5. The Hall–Kier alpha value is -0.630. The zero-order valence-corrected chi connectivity index (χ0v) is 11.5. The largest absolute Gasteiger partial charge is 0.377 e. The van der Waals surface area contributed by atoms with Gasteiger partial charge in [0.05, 0.1) is 6.61 Å². The van der Waals surface area contributed by atoms with Crippen molar-refractivity contribution in [2.75, 3.05) is 20.3 Å². The second-order valence-corrected chi connectivity index (χ2v) is 3.03. The third-order valence-corrected chi connectivity index (χ3v) is 2.32. The zero-order valence-electron chi connectivity index (χ0n) is 11.5. The van der Waals surface area contributed by atoms with Crippen LogP contribution in [0.1, 0.15) is 48.0 Å². The minimum absolute atomic E-state index is 0.742. The van der Waals surface area contributed by atoms with E-state index in [0.29, 0.717) is 0 Å². The van der Waals surface area contributed by atoms with Crippen LogP contribution in [-0.2, 0) is 4.74 Å². The maximum atomic E-state index is 5.39. The molecule has 0 radical (unpaired) electrons. The minimum Gasteiger partial charge on any atom is -0.377 e. The van der Waals surface area contributed by atoms with Gasteiger partial charge in [-0.1, -0.05) is 20.8 Å². The second kappa shape index (κ2) is 11.4. The average Bonchev–Trinajstić information content (AvgIpc) is 2.31. The lowest BCUT2D eigenvalue weighted by atomic mass is 10.0. The molecule has 0 aromatic rings. The fraction of sp³-hybridized carbons (Fsp3) is 0.769. The van der Waals surface area contributed by atoms with E-state index in [2.05, 4.69) is 18.8 Å². The Balaban J connectivity index is 0. The molecule has 2 heteroatoms. The highest BCUT2D eigenvalue weighted by Crippen LogP contribution is 2.10. The van der Waals surface area contributed by atoms with E-state index >= 15 is 0 Å². The number of aliphatic imine (C=N–C) groups is 1. The van der Waals surface area contributed by atoms with Crippen molar-refractivity contribution >= 4 is 5.71 Å². The maximum Gasteiger partial charge on any atom is 0.0682 e. The van der Waals surface area contributed by atoms with E-state index in [-0.39, 0.29) is 0 Å². The SMILES string of the molecule is CC.CCOC/C(CC)=C(\C)C(C)=NC. The second-order valence-electron chi connectivity index (χ2n) is 3.03. The van der Waals surface area contributed by atoms with Gasteiger partial charge in [-0.05, 0) is 38.3 Å². The van der Waals surface area contributed by atoms with Crippen LogP contribution in [0.2, 0.25) is 0 Å². The Morgan fingerprint density at radius 1 is 1.13 bits per heavy atom.